The molecule has 3 aromatic rings. The summed E-state index contributed by atoms with van der Waals surface area (Å²) in [6.45, 7) is 1.96. The number of fused-ring (bicyclic) bond motifs is 1. The summed E-state index contributed by atoms with van der Waals surface area (Å²) in [4.78, 5) is 8.41. The van der Waals surface area contributed by atoms with Crippen molar-refractivity contribution < 1.29 is 0 Å². The van der Waals surface area contributed by atoms with Gasteiger partial charge in [0.15, 0.2) is 5.65 Å². The van der Waals surface area contributed by atoms with E-state index in [2.05, 4.69) is 15.1 Å². The minimum Gasteiger partial charge on any atom is -0.264 e. The van der Waals surface area contributed by atoms with Crippen LogP contribution in [0.3, 0.4) is 0 Å². The Hall–Kier alpha value is -2.23. The summed E-state index contributed by atoms with van der Waals surface area (Å²) in [7, 11) is 0. The maximum Gasteiger partial charge on any atom is 0.153 e. The van der Waals surface area contributed by atoms with Crippen LogP contribution in [0.15, 0.2) is 42.9 Å². The van der Waals surface area contributed by atoms with Crippen LogP contribution in [-0.2, 0) is 0 Å². The maximum atomic E-state index is 4.48. The van der Waals surface area contributed by atoms with Crippen molar-refractivity contribution in [3.8, 4) is 11.3 Å². The van der Waals surface area contributed by atoms with Gasteiger partial charge in [-0.05, 0) is 31.2 Å². The fraction of sp³-hybridized carbons (Fsp3) is 0.0833. The van der Waals surface area contributed by atoms with Crippen molar-refractivity contribution in [1.29, 1.82) is 0 Å². The monoisotopic (exact) mass is 210 g/mol. The van der Waals surface area contributed by atoms with Crippen LogP contribution >= 0.6 is 0 Å². The van der Waals surface area contributed by atoms with Gasteiger partial charge in [-0.2, -0.15) is 5.10 Å². The van der Waals surface area contributed by atoms with Crippen molar-refractivity contribution in [3.63, 3.8) is 0 Å². The average molecular weight is 210 g/mol. The van der Waals surface area contributed by atoms with E-state index in [1.165, 1.54) is 0 Å². The van der Waals surface area contributed by atoms with Crippen LogP contribution in [0.2, 0.25) is 0 Å². The zero-order chi connectivity index (χ0) is 11.0. The molecule has 0 spiro atoms. The summed E-state index contributed by atoms with van der Waals surface area (Å²) < 4.78 is 1.79. The molecule has 3 aromatic heterocycles. The number of aromatic nitrogens is 4. The van der Waals surface area contributed by atoms with Gasteiger partial charge in [-0.1, -0.05) is 0 Å². The molecule has 4 nitrogen and oxygen atoms in total. The van der Waals surface area contributed by atoms with Gasteiger partial charge in [0.05, 0.1) is 17.6 Å². The largest absolute Gasteiger partial charge is 0.264 e. The summed E-state index contributed by atoms with van der Waals surface area (Å²) in [5.41, 5.74) is 3.75. The van der Waals surface area contributed by atoms with E-state index in [1.54, 1.807) is 16.9 Å². The molecule has 0 aliphatic heterocycles. The van der Waals surface area contributed by atoms with E-state index in [1.807, 2.05) is 37.4 Å². The molecular weight excluding hydrogens is 200 g/mol. The van der Waals surface area contributed by atoms with E-state index in [0.29, 0.717) is 0 Å². The molecule has 0 amide bonds. The standard InChI is InChI=1S/C12H10N4/c1-9-8-16-12(14-9)5-4-11(15-16)10-3-2-6-13-7-10/h2-8H,1H3. The number of nitrogens with zero attached hydrogens (tertiary/aromatic N) is 4. The second-order valence-electron chi connectivity index (χ2n) is 3.65. The zero-order valence-corrected chi connectivity index (χ0v) is 8.83. The molecule has 3 rings (SSSR count). The van der Waals surface area contributed by atoms with Crippen LogP contribution in [0.1, 0.15) is 5.69 Å². The SMILES string of the molecule is Cc1cn2nc(-c3cccnc3)ccc2n1. The maximum absolute atomic E-state index is 4.48. The Morgan fingerprint density at radius 2 is 2.12 bits per heavy atom. The normalized spacial score (nSPS) is 10.8. The third kappa shape index (κ3) is 1.44. The molecule has 4 heteroatoms. The van der Waals surface area contributed by atoms with E-state index in [9.17, 15) is 0 Å². The summed E-state index contributed by atoms with van der Waals surface area (Å²) in [5, 5.41) is 4.48. The van der Waals surface area contributed by atoms with E-state index in [4.69, 9.17) is 0 Å². The summed E-state index contributed by atoms with van der Waals surface area (Å²) >= 11 is 0. The van der Waals surface area contributed by atoms with Crippen molar-refractivity contribution in [2.24, 2.45) is 0 Å². The van der Waals surface area contributed by atoms with Crippen molar-refractivity contribution in [2.45, 2.75) is 6.92 Å². The lowest BCUT2D eigenvalue weighted by molar-refractivity contribution is 0.940. The van der Waals surface area contributed by atoms with Gasteiger partial charge in [0.2, 0.25) is 0 Å². The van der Waals surface area contributed by atoms with E-state index < -0.39 is 0 Å². The molecular formula is C12H10N4. The molecule has 16 heavy (non-hydrogen) atoms. The molecule has 0 N–H and O–H groups in total. The van der Waals surface area contributed by atoms with Crippen molar-refractivity contribution in [3.05, 3.63) is 48.5 Å². The van der Waals surface area contributed by atoms with Crippen LogP contribution in [0.5, 0.6) is 0 Å². The van der Waals surface area contributed by atoms with Gasteiger partial charge in [-0.15, -0.1) is 0 Å². The number of pyridine rings is 1. The minimum absolute atomic E-state index is 0.866. The zero-order valence-electron chi connectivity index (χ0n) is 8.83. The first-order chi connectivity index (χ1) is 7.83. The van der Waals surface area contributed by atoms with Crippen molar-refractivity contribution >= 4 is 5.65 Å². The van der Waals surface area contributed by atoms with Crippen LogP contribution in [0.25, 0.3) is 16.9 Å². The lowest BCUT2D eigenvalue weighted by atomic mass is 10.2. The predicted molar refractivity (Wildman–Crippen MR) is 61.0 cm³/mol. The Morgan fingerprint density at radius 1 is 1.19 bits per heavy atom. The van der Waals surface area contributed by atoms with Crippen molar-refractivity contribution in [1.82, 2.24) is 19.6 Å². The van der Waals surface area contributed by atoms with Crippen LogP contribution in [0.4, 0.5) is 0 Å². The highest BCUT2D eigenvalue weighted by Gasteiger charge is 2.02. The summed E-state index contributed by atoms with van der Waals surface area (Å²) in [5.74, 6) is 0. The third-order valence-corrected chi connectivity index (χ3v) is 2.40. The molecule has 0 aliphatic rings. The predicted octanol–water partition coefficient (Wildman–Crippen LogP) is 2.10. The molecule has 0 aliphatic carbocycles. The lowest BCUT2D eigenvalue weighted by Gasteiger charge is -1.99. The number of hydrogen-bond donors (Lipinski definition) is 0. The summed E-state index contributed by atoms with van der Waals surface area (Å²) in [6, 6.07) is 7.81. The molecule has 3 heterocycles. The minimum atomic E-state index is 0.866. The Kier molecular flexibility index (Phi) is 1.93. The first-order valence-electron chi connectivity index (χ1n) is 5.06. The second kappa shape index (κ2) is 3.41. The molecule has 0 fully saturated rings. The van der Waals surface area contributed by atoms with Crippen LogP contribution < -0.4 is 0 Å². The van der Waals surface area contributed by atoms with E-state index in [-0.39, 0.29) is 0 Å². The molecule has 0 atom stereocenters. The molecule has 78 valence electrons. The Morgan fingerprint density at radius 3 is 2.94 bits per heavy atom. The quantitative estimate of drug-likeness (QED) is 0.617. The highest BCUT2D eigenvalue weighted by molar-refractivity contribution is 5.58. The smallest absolute Gasteiger partial charge is 0.153 e. The lowest BCUT2D eigenvalue weighted by Crippen LogP contribution is -1.93. The Labute approximate surface area is 92.6 Å². The first kappa shape index (κ1) is 9.03. The second-order valence-corrected chi connectivity index (χ2v) is 3.65. The molecule has 0 saturated heterocycles. The number of imidazole rings is 1. The Balaban J connectivity index is 2.18. The molecule has 0 aromatic carbocycles. The molecule has 0 bridgehead atoms. The van der Waals surface area contributed by atoms with Crippen molar-refractivity contribution in [2.75, 3.05) is 0 Å². The molecule has 0 saturated carbocycles. The van der Waals surface area contributed by atoms with Gasteiger partial charge in [0.1, 0.15) is 0 Å². The average Bonchev–Trinajstić information content (AvgIpc) is 2.69. The van der Waals surface area contributed by atoms with E-state index >= 15 is 0 Å². The van der Waals surface area contributed by atoms with Gasteiger partial charge in [-0.25, -0.2) is 9.50 Å². The first-order valence-corrected chi connectivity index (χ1v) is 5.06. The molecule has 0 unspecified atom stereocenters. The number of hydrogen-bond acceptors (Lipinski definition) is 3. The van der Waals surface area contributed by atoms with Crippen LogP contribution in [0, 0.1) is 6.92 Å². The topological polar surface area (TPSA) is 43.1 Å². The van der Waals surface area contributed by atoms with Gasteiger partial charge < -0.3 is 0 Å². The number of rotatable bonds is 1. The highest BCUT2D eigenvalue weighted by atomic mass is 15.2. The van der Waals surface area contributed by atoms with Gasteiger partial charge >= 0.3 is 0 Å². The summed E-state index contributed by atoms with van der Waals surface area (Å²) in [6.07, 6.45) is 5.47. The van der Waals surface area contributed by atoms with Gasteiger partial charge in [0.25, 0.3) is 0 Å². The Bertz CT molecular complexity index is 628. The van der Waals surface area contributed by atoms with Crippen LogP contribution in [-0.4, -0.2) is 19.6 Å². The highest BCUT2D eigenvalue weighted by Crippen LogP contribution is 2.15. The molecule has 0 radical (unpaired) electrons. The van der Waals surface area contributed by atoms with E-state index in [0.717, 1.165) is 22.6 Å². The fourth-order valence-corrected chi connectivity index (χ4v) is 1.67. The number of aryl methyl sites for hydroxylation is 1. The third-order valence-electron chi connectivity index (χ3n) is 2.40. The fourth-order valence-electron chi connectivity index (χ4n) is 1.67. The van der Waals surface area contributed by atoms with Gasteiger partial charge in [0, 0.05) is 18.0 Å². The van der Waals surface area contributed by atoms with Gasteiger partial charge in [-0.3, -0.25) is 4.98 Å².